The van der Waals surface area contributed by atoms with Gasteiger partial charge >= 0.3 is 0 Å². The molecule has 142 valence electrons. The van der Waals surface area contributed by atoms with Crippen molar-refractivity contribution in [3.05, 3.63) is 46.9 Å². The molecule has 0 unspecified atom stereocenters. The zero-order chi connectivity index (χ0) is 18.7. The fraction of sp³-hybridized carbons (Fsp3) is 0.381. The number of piperidine rings is 1. The van der Waals surface area contributed by atoms with Crippen LogP contribution in [-0.4, -0.2) is 39.1 Å². The molecule has 7 heteroatoms. The van der Waals surface area contributed by atoms with Gasteiger partial charge in [0.25, 0.3) is 5.91 Å². The summed E-state index contributed by atoms with van der Waals surface area (Å²) in [6.45, 7) is 1.57. The van der Waals surface area contributed by atoms with Crippen molar-refractivity contribution < 1.29 is 4.79 Å². The summed E-state index contributed by atoms with van der Waals surface area (Å²) in [7, 11) is 0. The van der Waals surface area contributed by atoms with Crippen molar-refractivity contribution in [2.24, 2.45) is 0 Å². The Kier molecular flexibility index (Phi) is 3.81. The zero-order valence-corrected chi connectivity index (χ0v) is 17.0. The first-order valence-electron chi connectivity index (χ1n) is 9.89. The number of amides is 1. The number of hydrogen-bond donors (Lipinski definition) is 1. The molecule has 0 radical (unpaired) electrons. The minimum absolute atomic E-state index is 0.173. The molecule has 6 rings (SSSR count). The van der Waals surface area contributed by atoms with Crippen molar-refractivity contribution in [2.45, 2.75) is 37.5 Å². The maximum atomic E-state index is 13.1. The second-order valence-corrected chi connectivity index (χ2v) is 9.96. The molecule has 0 bridgehead atoms. The highest BCUT2D eigenvalue weighted by Gasteiger charge is 2.31. The molecule has 1 amide bonds. The van der Waals surface area contributed by atoms with Gasteiger partial charge in [0.05, 0.1) is 9.58 Å². The van der Waals surface area contributed by atoms with E-state index in [0.717, 1.165) is 42.5 Å². The summed E-state index contributed by atoms with van der Waals surface area (Å²) in [5, 5.41) is 8.79. The van der Waals surface area contributed by atoms with Gasteiger partial charge in [-0.05, 0) is 37.8 Å². The van der Waals surface area contributed by atoms with E-state index in [0.29, 0.717) is 11.8 Å². The SMILES string of the molecule is O=C(c1cc2sc3ccccc3c2s1)N1CCC(c2nc(C3CC3)n[nH]2)CC1. The molecular weight excluding hydrogens is 388 g/mol. The van der Waals surface area contributed by atoms with Crippen LogP contribution >= 0.6 is 22.7 Å². The molecule has 4 heterocycles. The van der Waals surface area contributed by atoms with Gasteiger partial charge in [0, 0.05) is 39.7 Å². The summed E-state index contributed by atoms with van der Waals surface area (Å²) in [6, 6.07) is 10.5. The van der Waals surface area contributed by atoms with Crippen molar-refractivity contribution in [3.8, 4) is 0 Å². The predicted molar refractivity (Wildman–Crippen MR) is 113 cm³/mol. The number of aromatic amines is 1. The average Bonchev–Trinajstić information content (AvgIpc) is 3.17. The molecule has 1 aromatic carbocycles. The van der Waals surface area contributed by atoms with Crippen LogP contribution in [0.4, 0.5) is 0 Å². The normalized spacial score (nSPS) is 18.4. The predicted octanol–water partition coefficient (Wildman–Crippen LogP) is 5.13. The van der Waals surface area contributed by atoms with Crippen LogP contribution < -0.4 is 0 Å². The molecule has 1 aliphatic heterocycles. The fourth-order valence-corrected chi connectivity index (χ4v) is 6.60. The van der Waals surface area contributed by atoms with E-state index in [9.17, 15) is 4.79 Å². The number of hydrogen-bond acceptors (Lipinski definition) is 5. The van der Waals surface area contributed by atoms with Gasteiger partial charge in [-0.25, -0.2) is 4.98 Å². The molecule has 2 fully saturated rings. The number of benzene rings is 1. The number of H-pyrrole nitrogens is 1. The van der Waals surface area contributed by atoms with Gasteiger partial charge in [-0.15, -0.1) is 22.7 Å². The summed E-state index contributed by atoms with van der Waals surface area (Å²) in [6.07, 6.45) is 4.34. The van der Waals surface area contributed by atoms with Gasteiger partial charge in [0.2, 0.25) is 0 Å². The summed E-state index contributed by atoms with van der Waals surface area (Å²) in [4.78, 5) is 20.6. The lowest BCUT2D eigenvalue weighted by Crippen LogP contribution is -2.37. The molecule has 28 heavy (non-hydrogen) atoms. The molecule has 5 nitrogen and oxygen atoms in total. The third kappa shape index (κ3) is 2.76. The van der Waals surface area contributed by atoms with E-state index < -0.39 is 0 Å². The van der Waals surface area contributed by atoms with Crippen LogP contribution in [-0.2, 0) is 0 Å². The first-order valence-corrected chi connectivity index (χ1v) is 11.5. The van der Waals surface area contributed by atoms with E-state index in [1.54, 1.807) is 22.7 Å². The highest BCUT2D eigenvalue weighted by Crippen LogP contribution is 2.40. The van der Waals surface area contributed by atoms with Crippen LogP contribution in [0.25, 0.3) is 19.5 Å². The van der Waals surface area contributed by atoms with Crippen LogP contribution in [0, 0.1) is 0 Å². The highest BCUT2D eigenvalue weighted by atomic mass is 32.1. The fourth-order valence-electron chi connectivity index (χ4n) is 4.11. The van der Waals surface area contributed by atoms with E-state index in [4.69, 9.17) is 4.98 Å². The van der Waals surface area contributed by atoms with Crippen molar-refractivity contribution in [1.82, 2.24) is 20.1 Å². The Bertz CT molecular complexity index is 1180. The first kappa shape index (κ1) is 16.7. The van der Waals surface area contributed by atoms with E-state index in [-0.39, 0.29) is 5.91 Å². The maximum absolute atomic E-state index is 13.1. The lowest BCUT2D eigenvalue weighted by molar-refractivity contribution is 0.0716. The number of rotatable bonds is 3. The minimum atomic E-state index is 0.173. The van der Waals surface area contributed by atoms with Gasteiger partial charge < -0.3 is 4.90 Å². The van der Waals surface area contributed by atoms with Crippen LogP contribution in [0.5, 0.6) is 0 Å². The molecular formula is C21H20N4OS2. The van der Waals surface area contributed by atoms with Gasteiger partial charge in [-0.1, -0.05) is 18.2 Å². The summed E-state index contributed by atoms with van der Waals surface area (Å²) < 4.78 is 3.76. The largest absolute Gasteiger partial charge is 0.338 e. The number of carbonyl (C=O) groups is 1. The molecule has 2 aliphatic rings. The quantitative estimate of drug-likeness (QED) is 0.511. The minimum Gasteiger partial charge on any atom is -0.338 e. The lowest BCUT2D eigenvalue weighted by atomic mass is 9.96. The van der Waals surface area contributed by atoms with Gasteiger partial charge in [-0.3, -0.25) is 9.89 Å². The number of nitrogens with one attached hydrogen (secondary N) is 1. The number of likely N-dealkylation sites (tertiary alicyclic amines) is 1. The summed E-state index contributed by atoms with van der Waals surface area (Å²) in [5.74, 6) is 3.14. The van der Waals surface area contributed by atoms with Crippen molar-refractivity contribution in [2.75, 3.05) is 13.1 Å². The molecule has 1 aliphatic carbocycles. The molecule has 3 aromatic heterocycles. The molecule has 0 spiro atoms. The molecule has 4 aromatic rings. The molecule has 1 saturated carbocycles. The Labute approximate surface area is 170 Å². The second kappa shape index (κ2) is 6.39. The van der Waals surface area contributed by atoms with Crippen molar-refractivity contribution in [1.29, 1.82) is 0 Å². The second-order valence-electron chi connectivity index (χ2n) is 7.82. The van der Waals surface area contributed by atoms with Gasteiger partial charge in [-0.2, -0.15) is 5.10 Å². The molecule has 1 saturated heterocycles. The number of aromatic nitrogens is 3. The van der Waals surface area contributed by atoms with Crippen LogP contribution in [0.3, 0.4) is 0 Å². The van der Waals surface area contributed by atoms with Gasteiger partial charge in [0.1, 0.15) is 5.82 Å². The number of carbonyl (C=O) groups excluding carboxylic acids is 1. The Morgan fingerprint density at radius 1 is 1.04 bits per heavy atom. The molecule has 0 atom stereocenters. The average molecular weight is 409 g/mol. The monoisotopic (exact) mass is 408 g/mol. The molecule has 1 N–H and O–H groups in total. The van der Waals surface area contributed by atoms with Crippen molar-refractivity contribution in [3.63, 3.8) is 0 Å². The summed E-state index contributed by atoms with van der Waals surface area (Å²) >= 11 is 3.41. The van der Waals surface area contributed by atoms with E-state index in [2.05, 4.69) is 40.5 Å². The Hall–Kier alpha value is -2.25. The maximum Gasteiger partial charge on any atom is 0.263 e. The number of fused-ring (bicyclic) bond motifs is 3. The first-order chi connectivity index (χ1) is 13.8. The smallest absolute Gasteiger partial charge is 0.263 e. The lowest BCUT2D eigenvalue weighted by Gasteiger charge is -2.30. The Balaban J connectivity index is 1.18. The topological polar surface area (TPSA) is 61.9 Å². The summed E-state index contributed by atoms with van der Waals surface area (Å²) in [5.41, 5.74) is 0. The van der Waals surface area contributed by atoms with Crippen LogP contribution in [0.2, 0.25) is 0 Å². The Morgan fingerprint density at radius 3 is 2.68 bits per heavy atom. The van der Waals surface area contributed by atoms with Crippen LogP contribution in [0.1, 0.15) is 58.8 Å². The Morgan fingerprint density at radius 2 is 1.86 bits per heavy atom. The van der Waals surface area contributed by atoms with Gasteiger partial charge in [0.15, 0.2) is 5.82 Å². The van der Waals surface area contributed by atoms with Crippen LogP contribution in [0.15, 0.2) is 30.3 Å². The van der Waals surface area contributed by atoms with E-state index in [1.165, 1.54) is 32.3 Å². The van der Waals surface area contributed by atoms with Crippen molar-refractivity contribution >= 4 is 48.1 Å². The number of nitrogens with zero attached hydrogens (tertiary/aromatic N) is 3. The van der Waals surface area contributed by atoms with E-state index >= 15 is 0 Å². The third-order valence-electron chi connectivity index (χ3n) is 5.89. The zero-order valence-electron chi connectivity index (χ0n) is 15.4. The van der Waals surface area contributed by atoms with E-state index in [1.807, 2.05) is 4.90 Å². The number of thiophene rings is 2. The standard InChI is InChI=1S/C21H20N4OS2/c26-21(17-11-16-18(28-17)14-3-1-2-4-15(14)27-16)25-9-7-13(8-10-25)20-22-19(23-24-20)12-5-6-12/h1-4,11-13H,5-10H2,(H,22,23,24). The highest BCUT2D eigenvalue weighted by molar-refractivity contribution is 7.33. The third-order valence-corrected chi connectivity index (χ3v) is 8.30.